The Balaban J connectivity index is 2.07. The molecule has 1 N–H and O–H groups in total. The van der Waals surface area contributed by atoms with Gasteiger partial charge in [-0.15, -0.1) is 0 Å². The number of carbonyl (C=O) groups is 2. The molecule has 1 atom stereocenters. The molecule has 2 rings (SSSR count). The first-order chi connectivity index (χ1) is 9.99. The minimum Gasteiger partial charge on any atom is -0.340 e. The van der Waals surface area contributed by atoms with Gasteiger partial charge in [0, 0.05) is 18.2 Å². The highest BCUT2D eigenvalue weighted by atomic mass is 16.2. The van der Waals surface area contributed by atoms with Crippen molar-refractivity contribution in [1.29, 1.82) is 0 Å². The molecule has 0 aliphatic carbocycles. The van der Waals surface area contributed by atoms with Crippen LogP contribution in [0.1, 0.15) is 49.0 Å². The molecule has 1 fully saturated rings. The maximum Gasteiger partial charge on any atom is 0.251 e. The molecule has 114 valence electrons. The quantitative estimate of drug-likeness (QED) is 0.929. The van der Waals surface area contributed by atoms with Gasteiger partial charge >= 0.3 is 0 Å². The predicted molar refractivity (Wildman–Crippen MR) is 83.1 cm³/mol. The molecule has 21 heavy (non-hydrogen) atoms. The van der Waals surface area contributed by atoms with E-state index in [2.05, 4.69) is 5.32 Å². The van der Waals surface area contributed by atoms with Crippen LogP contribution in [0.4, 0.5) is 0 Å². The maximum absolute atomic E-state index is 12.5. The summed E-state index contributed by atoms with van der Waals surface area (Å²) in [6.07, 6.45) is 2.69. The van der Waals surface area contributed by atoms with Crippen LogP contribution in [0.25, 0.3) is 0 Å². The average Bonchev–Trinajstić information content (AvgIpc) is 2.62. The van der Waals surface area contributed by atoms with Crippen LogP contribution < -0.4 is 5.32 Å². The first-order valence-corrected chi connectivity index (χ1v) is 7.67. The first kappa shape index (κ1) is 15.5. The highest BCUT2D eigenvalue weighted by molar-refractivity contribution is 5.97. The van der Waals surface area contributed by atoms with Crippen molar-refractivity contribution in [3.05, 3.63) is 35.4 Å². The van der Waals surface area contributed by atoms with Gasteiger partial charge in [-0.2, -0.15) is 0 Å². The van der Waals surface area contributed by atoms with Crippen LogP contribution in [0.3, 0.4) is 0 Å². The zero-order chi connectivity index (χ0) is 15.4. The predicted octanol–water partition coefficient (Wildman–Crippen LogP) is 2.51. The van der Waals surface area contributed by atoms with Crippen molar-refractivity contribution in [1.82, 2.24) is 10.2 Å². The van der Waals surface area contributed by atoms with Gasteiger partial charge in [0.05, 0.1) is 0 Å². The number of benzene rings is 1. The summed E-state index contributed by atoms with van der Waals surface area (Å²) in [5.74, 6) is -0.123. The summed E-state index contributed by atoms with van der Waals surface area (Å²) in [4.78, 5) is 26.7. The lowest BCUT2D eigenvalue weighted by Crippen LogP contribution is -2.49. The smallest absolute Gasteiger partial charge is 0.251 e. The van der Waals surface area contributed by atoms with Crippen LogP contribution in [0, 0.1) is 6.92 Å². The molecule has 1 aliphatic heterocycles. The molecule has 0 spiro atoms. The fraction of sp³-hybridized carbons (Fsp3) is 0.529. The summed E-state index contributed by atoms with van der Waals surface area (Å²) in [5.41, 5.74) is 1.72. The number of hydrogen-bond acceptors (Lipinski definition) is 2. The fourth-order valence-electron chi connectivity index (χ4n) is 2.66. The molecule has 1 aromatic rings. The van der Waals surface area contributed by atoms with Gasteiger partial charge in [-0.05, 0) is 52.2 Å². The van der Waals surface area contributed by atoms with Crippen molar-refractivity contribution in [2.75, 3.05) is 6.54 Å². The second kappa shape index (κ2) is 6.74. The van der Waals surface area contributed by atoms with Gasteiger partial charge in [0.2, 0.25) is 5.91 Å². The standard InChI is InChI=1S/C17H24N2O2/c1-12(2)19-11-5-4-6-15(17(19)21)18-16(20)14-9-7-13(3)8-10-14/h7-10,12,15H,4-6,11H2,1-3H3,(H,18,20). The molecule has 1 aliphatic rings. The fourth-order valence-corrected chi connectivity index (χ4v) is 2.66. The van der Waals surface area contributed by atoms with Gasteiger partial charge in [0.15, 0.2) is 0 Å². The van der Waals surface area contributed by atoms with E-state index in [-0.39, 0.29) is 17.9 Å². The Kier molecular flexibility index (Phi) is 4.99. The summed E-state index contributed by atoms with van der Waals surface area (Å²) in [7, 11) is 0. The summed E-state index contributed by atoms with van der Waals surface area (Å²) < 4.78 is 0. The Morgan fingerprint density at radius 1 is 1.24 bits per heavy atom. The number of aryl methyl sites for hydroxylation is 1. The molecule has 2 amide bonds. The molecule has 4 heteroatoms. The molecule has 1 aromatic carbocycles. The number of nitrogens with one attached hydrogen (secondary N) is 1. The lowest BCUT2D eigenvalue weighted by Gasteiger charge is -2.28. The topological polar surface area (TPSA) is 49.4 Å². The third kappa shape index (κ3) is 3.84. The molecule has 0 aromatic heterocycles. The molecule has 0 saturated carbocycles. The Labute approximate surface area is 126 Å². The van der Waals surface area contributed by atoms with E-state index in [1.54, 1.807) is 12.1 Å². The monoisotopic (exact) mass is 288 g/mol. The third-order valence-corrected chi connectivity index (χ3v) is 3.97. The maximum atomic E-state index is 12.5. The second-order valence-electron chi connectivity index (χ2n) is 6.01. The number of amides is 2. The second-order valence-corrected chi connectivity index (χ2v) is 6.01. The Morgan fingerprint density at radius 3 is 2.52 bits per heavy atom. The molecule has 4 nitrogen and oxygen atoms in total. The van der Waals surface area contributed by atoms with E-state index >= 15 is 0 Å². The van der Waals surface area contributed by atoms with Gasteiger partial charge in [-0.25, -0.2) is 0 Å². The average molecular weight is 288 g/mol. The summed E-state index contributed by atoms with van der Waals surface area (Å²) in [6, 6.07) is 7.19. The van der Waals surface area contributed by atoms with E-state index < -0.39 is 6.04 Å². The first-order valence-electron chi connectivity index (χ1n) is 7.67. The lowest BCUT2D eigenvalue weighted by molar-refractivity contribution is -0.134. The van der Waals surface area contributed by atoms with Crippen LogP contribution in [-0.4, -0.2) is 35.3 Å². The third-order valence-electron chi connectivity index (χ3n) is 3.97. The highest BCUT2D eigenvalue weighted by Crippen LogP contribution is 2.15. The van der Waals surface area contributed by atoms with E-state index in [0.29, 0.717) is 5.56 Å². The van der Waals surface area contributed by atoms with Gasteiger partial charge < -0.3 is 10.2 Å². The van der Waals surface area contributed by atoms with Crippen molar-refractivity contribution in [3.8, 4) is 0 Å². The Hall–Kier alpha value is -1.84. The van der Waals surface area contributed by atoms with E-state index in [4.69, 9.17) is 0 Å². The van der Waals surface area contributed by atoms with Crippen LogP contribution in [0.2, 0.25) is 0 Å². The van der Waals surface area contributed by atoms with Gasteiger partial charge in [0.1, 0.15) is 6.04 Å². The number of nitrogens with zero attached hydrogens (tertiary/aromatic N) is 1. The van der Waals surface area contributed by atoms with Crippen LogP contribution in [-0.2, 0) is 4.79 Å². The molecule has 0 radical (unpaired) electrons. The molecular weight excluding hydrogens is 264 g/mol. The van der Waals surface area contributed by atoms with Gasteiger partial charge in [0.25, 0.3) is 5.91 Å². The Bertz CT molecular complexity index is 508. The highest BCUT2D eigenvalue weighted by Gasteiger charge is 2.29. The minimum atomic E-state index is -0.399. The van der Waals surface area contributed by atoms with Crippen LogP contribution in [0.5, 0.6) is 0 Å². The molecule has 1 unspecified atom stereocenters. The summed E-state index contributed by atoms with van der Waals surface area (Å²) in [6.45, 7) is 6.80. The number of carbonyl (C=O) groups excluding carboxylic acids is 2. The summed E-state index contributed by atoms with van der Waals surface area (Å²) in [5, 5.41) is 2.90. The van der Waals surface area contributed by atoms with Crippen molar-refractivity contribution < 1.29 is 9.59 Å². The van der Waals surface area contributed by atoms with Crippen molar-refractivity contribution >= 4 is 11.8 Å². The minimum absolute atomic E-state index is 0.0444. The lowest BCUT2D eigenvalue weighted by atomic mass is 10.1. The van der Waals surface area contributed by atoms with E-state index in [1.807, 2.05) is 37.8 Å². The van der Waals surface area contributed by atoms with Gasteiger partial charge in [-0.1, -0.05) is 17.7 Å². The van der Waals surface area contributed by atoms with Crippen LogP contribution >= 0.6 is 0 Å². The number of likely N-dealkylation sites (tertiary alicyclic amines) is 1. The zero-order valence-corrected chi connectivity index (χ0v) is 13.1. The zero-order valence-electron chi connectivity index (χ0n) is 13.1. The molecule has 0 bridgehead atoms. The number of rotatable bonds is 3. The molecule has 1 heterocycles. The van der Waals surface area contributed by atoms with Crippen molar-refractivity contribution in [2.45, 2.75) is 52.1 Å². The largest absolute Gasteiger partial charge is 0.340 e. The van der Waals surface area contributed by atoms with E-state index in [1.165, 1.54) is 0 Å². The van der Waals surface area contributed by atoms with Gasteiger partial charge in [-0.3, -0.25) is 9.59 Å². The number of hydrogen-bond donors (Lipinski definition) is 1. The molecular formula is C17H24N2O2. The van der Waals surface area contributed by atoms with E-state index in [9.17, 15) is 9.59 Å². The van der Waals surface area contributed by atoms with E-state index in [0.717, 1.165) is 31.4 Å². The normalized spacial score (nSPS) is 19.5. The summed E-state index contributed by atoms with van der Waals surface area (Å²) >= 11 is 0. The SMILES string of the molecule is Cc1ccc(C(=O)NC2CCCCN(C(C)C)C2=O)cc1. The van der Waals surface area contributed by atoms with Crippen LogP contribution in [0.15, 0.2) is 24.3 Å². The van der Waals surface area contributed by atoms with Crippen molar-refractivity contribution in [2.24, 2.45) is 0 Å². The Morgan fingerprint density at radius 2 is 1.90 bits per heavy atom. The van der Waals surface area contributed by atoms with Crippen molar-refractivity contribution in [3.63, 3.8) is 0 Å². The molecule has 1 saturated heterocycles.